The van der Waals surface area contributed by atoms with Crippen molar-refractivity contribution in [1.29, 1.82) is 0 Å². The number of carbonyl (C=O) groups is 2. The summed E-state index contributed by atoms with van der Waals surface area (Å²) in [5.41, 5.74) is 4.80. The molecule has 5 heteroatoms. The van der Waals surface area contributed by atoms with Crippen LogP contribution < -0.4 is 11.1 Å². The first kappa shape index (κ1) is 13.8. The molecule has 0 spiro atoms. The van der Waals surface area contributed by atoms with E-state index in [0.29, 0.717) is 0 Å². The zero-order valence-corrected chi connectivity index (χ0v) is 10.8. The predicted octanol–water partition coefficient (Wildman–Crippen LogP) is 1.56. The molecule has 1 aliphatic rings. The summed E-state index contributed by atoms with van der Waals surface area (Å²) in [4.78, 5) is 22.9. The molecule has 5 nitrogen and oxygen atoms in total. The van der Waals surface area contributed by atoms with Crippen molar-refractivity contribution in [1.82, 2.24) is 5.32 Å². The van der Waals surface area contributed by atoms with E-state index in [0.717, 1.165) is 25.7 Å². The van der Waals surface area contributed by atoms with Crippen LogP contribution >= 0.6 is 0 Å². The molecular weight excluding hydrogens is 220 g/mol. The van der Waals surface area contributed by atoms with E-state index < -0.39 is 11.7 Å². The molecule has 0 aliphatic heterocycles. The van der Waals surface area contributed by atoms with Gasteiger partial charge in [-0.2, -0.15) is 0 Å². The molecule has 0 saturated heterocycles. The Morgan fingerprint density at radius 2 is 1.82 bits per heavy atom. The van der Waals surface area contributed by atoms with E-state index in [1.807, 2.05) is 0 Å². The van der Waals surface area contributed by atoms with Crippen molar-refractivity contribution < 1.29 is 14.3 Å². The van der Waals surface area contributed by atoms with Gasteiger partial charge in [-0.25, -0.2) is 4.79 Å². The van der Waals surface area contributed by atoms with Gasteiger partial charge in [0.2, 0.25) is 5.91 Å². The summed E-state index contributed by atoms with van der Waals surface area (Å²) in [7, 11) is 0. The Bertz CT molecular complexity index is 297. The van der Waals surface area contributed by atoms with E-state index in [1.165, 1.54) is 0 Å². The smallest absolute Gasteiger partial charge is 0.407 e. The molecule has 0 aromatic carbocycles. The highest BCUT2D eigenvalue weighted by Gasteiger charge is 2.31. The summed E-state index contributed by atoms with van der Waals surface area (Å²) < 4.78 is 5.17. The second-order valence-corrected chi connectivity index (χ2v) is 5.55. The Morgan fingerprint density at radius 1 is 1.24 bits per heavy atom. The molecule has 2 amide bonds. The third-order valence-electron chi connectivity index (χ3n) is 2.83. The second-order valence-electron chi connectivity index (χ2n) is 5.55. The molecule has 1 aliphatic carbocycles. The van der Waals surface area contributed by atoms with Crippen LogP contribution in [-0.2, 0) is 9.53 Å². The average Bonchev–Trinajstić information content (AvgIpc) is 2.14. The van der Waals surface area contributed by atoms with E-state index in [1.54, 1.807) is 20.8 Å². The highest BCUT2D eigenvalue weighted by Crippen LogP contribution is 2.24. The molecule has 0 heterocycles. The number of alkyl carbamates (subject to hydrolysis) is 1. The number of carbonyl (C=O) groups excluding carboxylic acids is 2. The van der Waals surface area contributed by atoms with E-state index in [4.69, 9.17) is 10.5 Å². The normalized spacial score (nSPS) is 25.1. The largest absolute Gasteiger partial charge is 0.444 e. The number of nitrogens with two attached hydrogens (primary N) is 1. The highest BCUT2D eigenvalue weighted by molar-refractivity contribution is 5.78. The number of ether oxygens (including phenoxy) is 1. The minimum Gasteiger partial charge on any atom is -0.444 e. The molecule has 3 N–H and O–H groups in total. The maximum absolute atomic E-state index is 11.6. The zero-order chi connectivity index (χ0) is 13.1. The Morgan fingerprint density at radius 3 is 2.35 bits per heavy atom. The molecule has 1 fully saturated rings. The first-order chi connectivity index (χ1) is 7.79. The summed E-state index contributed by atoms with van der Waals surface area (Å²) in [6.07, 6.45) is 3.04. The molecular formula is C12H22N2O3. The van der Waals surface area contributed by atoms with Gasteiger partial charge in [0, 0.05) is 6.04 Å². The summed E-state index contributed by atoms with van der Waals surface area (Å²) in [6.45, 7) is 5.41. The summed E-state index contributed by atoms with van der Waals surface area (Å²) in [5.74, 6) is -0.609. The third-order valence-corrected chi connectivity index (χ3v) is 2.83. The quantitative estimate of drug-likeness (QED) is 0.771. The van der Waals surface area contributed by atoms with Crippen molar-refractivity contribution in [2.24, 2.45) is 11.7 Å². The van der Waals surface area contributed by atoms with Gasteiger partial charge in [0.1, 0.15) is 5.60 Å². The maximum Gasteiger partial charge on any atom is 0.407 e. The molecule has 0 bridgehead atoms. The van der Waals surface area contributed by atoms with Gasteiger partial charge >= 0.3 is 6.09 Å². The number of nitrogens with one attached hydrogen (secondary N) is 1. The van der Waals surface area contributed by atoms with Crippen molar-refractivity contribution in [2.75, 3.05) is 0 Å². The minimum absolute atomic E-state index is 0.184. The molecule has 17 heavy (non-hydrogen) atoms. The van der Waals surface area contributed by atoms with Crippen molar-refractivity contribution in [3.8, 4) is 0 Å². The van der Waals surface area contributed by atoms with Gasteiger partial charge in [-0.05, 0) is 33.6 Å². The number of hydrogen-bond acceptors (Lipinski definition) is 3. The first-order valence-electron chi connectivity index (χ1n) is 6.08. The van der Waals surface area contributed by atoms with Gasteiger partial charge in [0.25, 0.3) is 0 Å². The van der Waals surface area contributed by atoms with Crippen molar-refractivity contribution in [3.05, 3.63) is 0 Å². The Labute approximate surface area is 102 Å². The van der Waals surface area contributed by atoms with Crippen LogP contribution in [0.1, 0.15) is 46.5 Å². The van der Waals surface area contributed by atoms with Crippen LogP contribution in [0.25, 0.3) is 0 Å². The lowest BCUT2D eigenvalue weighted by molar-refractivity contribution is -0.123. The monoisotopic (exact) mass is 242 g/mol. The molecule has 0 unspecified atom stereocenters. The third kappa shape index (κ3) is 4.63. The van der Waals surface area contributed by atoms with Crippen LogP contribution in [0.4, 0.5) is 4.79 Å². The van der Waals surface area contributed by atoms with E-state index in [2.05, 4.69) is 5.32 Å². The van der Waals surface area contributed by atoms with E-state index in [9.17, 15) is 9.59 Å². The van der Waals surface area contributed by atoms with Gasteiger partial charge in [-0.3, -0.25) is 4.79 Å². The van der Waals surface area contributed by atoms with Crippen LogP contribution in [0, 0.1) is 5.92 Å². The van der Waals surface area contributed by atoms with Gasteiger partial charge in [0.15, 0.2) is 0 Å². The Balaban J connectivity index is 2.53. The lowest BCUT2D eigenvalue weighted by Crippen LogP contribution is -2.48. The van der Waals surface area contributed by atoms with Gasteiger partial charge in [-0.15, -0.1) is 0 Å². The van der Waals surface area contributed by atoms with Crippen molar-refractivity contribution in [3.63, 3.8) is 0 Å². The summed E-state index contributed by atoms with van der Waals surface area (Å²) in [6, 6.07) is -0.184. The van der Waals surface area contributed by atoms with Crippen LogP contribution in [-0.4, -0.2) is 23.6 Å². The van der Waals surface area contributed by atoms with Crippen LogP contribution in [0.5, 0.6) is 0 Å². The number of hydrogen-bond donors (Lipinski definition) is 2. The molecule has 0 radical (unpaired) electrons. The number of amides is 2. The number of rotatable bonds is 2. The van der Waals surface area contributed by atoms with E-state index >= 15 is 0 Å². The minimum atomic E-state index is -0.527. The molecule has 2 atom stereocenters. The van der Waals surface area contributed by atoms with Crippen molar-refractivity contribution >= 4 is 12.0 Å². The van der Waals surface area contributed by atoms with Gasteiger partial charge in [0.05, 0.1) is 5.92 Å². The molecule has 98 valence electrons. The molecule has 0 aromatic rings. The highest BCUT2D eigenvalue weighted by atomic mass is 16.6. The predicted molar refractivity (Wildman–Crippen MR) is 64.3 cm³/mol. The zero-order valence-electron chi connectivity index (χ0n) is 10.8. The molecule has 1 saturated carbocycles. The number of primary amides is 1. The average molecular weight is 242 g/mol. The van der Waals surface area contributed by atoms with Crippen LogP contribution in [0.3, 0.4) is 0 Å². The fraction of sp³-hybridized carbons (Fsp3) is 0.833. The van der Waals surface area contributed by atoms with Crippen LogP contribution in [0.15, 0.2) is 0 Å². The lowest BCUT2D eigenvalue weighted by atomic mass is 9.84. The summed E-state index contributed by atoms with van der Waals surface area (Å²) >= 11 is 0. The summed E-state index contributed by atoms with van der Waals surface area (Å²) in [5, 5.41) is 2.74. The fourth-order valence-electron chi connectivity index (χ4n) is 2.10. The molecule has 0 aromatic heterocycles. The van der Waals surface area contributed by atoms with Crippen LogP contribution in [0.2, 0.25) is 0 Å². The van der Waals surface area contributed by atoms with Crippen molar-refractivity contribution in [2.45, 2.75) is 58.1 Å². The lowest BCUT2D eigenvalue weighted by Gasteiger charge is -2.30. The van der Waals surface area contributed by atoms with E-state index in [-0.39, 0.29) is 17.9 Å². The Kier molecular flexibility index (Phi) is 4.37. The van der Waals surface area contributed by atoms with Gasteiger partial charge < -0.3 is 15.8 Å². The maximum atomic E-state index is 11.6. The Hall–Kier alpha value is -1.26. The topological polar surface area (TPSA) is 81.4 Å². The second kappa shape index (κ2) is 5.38. The molecule has 1 rings (SSSR count). The standard InChI is InChI=1S/C12H22N2O3/c1-12(2,3)17-11(16)14-9-7-5-4-6-8(9)10(13)15/h8-9H,4-7H2,1-3H3,(H2,13,15)(H,14,16)/t8-,9+/m1/s1. The first-order valence-corrected chi connectivity index (χ1v) is 6.08. The van der Waals surface area contributed by atoms with Gasteiger partial charge in [-0.1, -0.05) is 12.8 Å². The fourth-order valence-corrected chi connectivity index (χ4v) is 2.10. The SMILES string of the molecule is CC(C)(C)OC(=O)N[C@H]1CCCC[C@H]1C(N)=O.